The minimum atomic E-state index is 0.601. The standard InChI is InChI=1S/C5H7NS/c1-3-4-5(2)6-7/h1,7H,4H2,2H3. The fourth-order valence-electron chi connectivity index (χ4n) is 0.183. The predicted molar refractivity (Wildman–Crippen MR) is 35.5 cm³/mol. The third kappa shape index (κ3) is 3.41. The Balaban J connectivity index is 3.43. The Bertz CT molecular complexity index is 110. The summed E-state index contributed by atoms with van der Waals surface area (Å²) in [5.74, 6) is 2.44. The van der Waals surface area contributed by atoms with Crippen molar-refractivity contribution in [3.8, 4) is 12.3 Å². The van der Waals surface area contributed by atoms with Crippen molar-refractivity contribution in [2.24, 2.45) is 4.40 Å². The molecule has 1 nitrogen and oxygen atoms in total. The first-order valence-corrected chi connectivity index (χ1v) is 2.32. The Morgan fingerprint density at radius 2 is 2.57 bits per heavy atom. The molecule has 0 aliphatic carbocycles. The van der Waals surface area contributed by atoms with Crippen LogP contribution >= 0.6 is 12.8 Å². The first kappa shape index (κ1) is 6.58. The number of terminal acetylenes is 1. The van der Waals surface area contributed by atoms with Crippen LogP contribution in [0.5, 0.6) is 0 Å². The summed E-state index contributed by atoms with van der Waals surface area (Å²) in [6.45, 7) is 1.84. The van der Waals surface area contributed by atoms with Crippen LogP contribution in [0.3, 0.4) is 0 Å². The van der Waals surface area contributed by atoms with Crippen LogP contribution in [0.25, 0.3) is 0 Å². The van der Waals surface area contributed by atoms with E-state index in [2.05, 4.69) is 23.1 Å². The first-order valence-electron chi connectivity index (χ1n) is 1.92. The number of hydrogen-bond donors (Lipinski definition) is 1. The van der Waals surface area contributed by atoms with Gasteiger partial charge in [0.1, 0.15) is 0 Å². The average Bonchev–Trinajstić information content (AvgIpc) is 1.68. The van der Waals surface area contributed by atoms with Crippen LogP contribution in [0.1, 0.15) is 13.3 Å². The van der Waals surface area contributed by atoms with E-state index < -0.39 is 0 Å². The number of hydrogen-bond acceptors (Lipinski definition) is 2. The van der Waals surface area contributed by atoms with Crippen molar-refractivity contribution in [1.82, 2.24) is 0 Å². The van der Waals surface area contributed by atoms with Crippen molar-refractivity contribution in [3.05, 3.63) is 0 Å². The largest absolute Gasteiger partial charge is 0.228 e. The summed E-state index contributed by atoms with van der Waals surface area (Å²) < 4.78 is 3.55. The molecule has 38 valence electrons. The highest BCUT2D eigenvalue weighted by Gasteiger charge is 1.79. The van der Waals surface area contributed by atoms with Gasteiger partial charge in [0.05, 0.1) is 0 Å². The van der Waals surface area contributed by atoms with Crippen molar-refractivity contribution in [2.75, 3.05) is 0 Å². The summed E-state index contributed by atoms with van der Waals surface area (Å²) in [4.78, 5) is 0. The van der Waals surface area contributed by atoms with E-state index in [-0.39, 0.29) is 0 Å². The molecule has 2 heteroatoms. The highest BCUT2D eigenvalue weighted by Crippen LogP contribution is 1.84. The zero-order valence-electron chi connectivity index (χ0n) is 4.18. The average molecular weight is 113 g/mol. The van der Waals surface area contributed by atoms with Crippen LogP contribution in [0.15, 0.2) is 4.40 Å². The van der Waals surface area contributed by atoms with Gasteiger partial charge in [-0.25, -0.2) is 4.40 Å². The summed E-state index contributed by atoms with van der Waals surface area (Å²) in [6, 6.07) is 0. The molecule has 0 unspecified atom stereocenters. The smallest absolute Gasteiger partial charge is 0.0475 e. The number of nitrogens with zero attached hydrogens (tertiary/aromatic N) is 1. The summed E-state index contributed by atoms with van der Waals surface area (Å²) in [7, 11) is 0. The van der Waals surface area contributed by atoms with Crippen LogP contribution in [-0.2, 0) is 0 Å². The van der Waals surface area contributed by atoms with Gasteiger partial charge in [-0.15, -0.1) is 12.3 Å². The van der Waals surface area contributed by atoms with Crippen molar-refractivity contribution in [1.29, 1.82) is 0 Å². The van der Waals surface area contributed by atoms with Crippen LogP contribution in [0.4, 0.5) is 0 Å². The molecule has 0 bridgehead atoms. The predicted octanol–water partition coefficient (Wildman–Crippen LogP) is 1.32. The Morgan fingerprint density at radius 3 is 2.71 bits per heavy atom. The SMILES string of the molecule is C#CCC(C)=NS. The lowest BCUT2D eigenvalue weighted by molar-refractivity contribution is 1.51. The van der Waals surface area contributed by atoms with E-state index >= 15 is 0 Å². The molecule has 0 heterocycles. The lowest BCUT2D eigenvalue weighted by atomic mass is 10.3. The molecular formula is C5H7NS. The third-order valence-electron chi connectivity index (χ3n) is 0.529. The fraction of sp³-hybridized carbons (Fsp3) is 0.400. The van der Waals surface area contributed by atoms with Crippen LogP contribution < -0.4 is 0 Å². The van der Waals surface area contributed by atoms with E-state index in [0.717, 1.165) is 5.71 Å². The molecule has 0 aliphatic rings. The van der Waals surface area contributed by atoms with Gasteiger partial charge in [0.2, 0.25) is 0 Å². The van der Waals surface area contributed by atoms with Crippen LogP contribution in [-0.4, -0.2) is 5.71 Å². The molecule has 0 rings (SSSR count). The van der Waals surface area contributed by atoms with E-state index in [0.29, 0.717) is 6.42 Å². The van der Waals surface area contributed by atoms with Crippen molar-refractivity contribution < 1.29 is 0 Å². The number of thiol groups is 1. The molecule has 0 aromatic heterocycles. The summed E-state index contributed by atoms with van der Waals surface area (Å²) in [5, 5.41) is 0. The van der Waals surface area contributed by atoms with Gasteiger partial charge < -0.3 is 0 Å². The zero-order valence-corrected chi connectivity index (χ0v) is 5.07. The monoisotopic (exact) mass is 113 g/mol. The van der Waals surface area contributed by atoms with Crippen molar-refractivity contribution >= 4 is 18.5 Å². The molecule has 0 N–H and O–H groups in total. The molecule has 0 saturated carbocycles. The molecule has 0 aromatic carbocycles. The summed E-state index contributed by atoms with van der Waals surface area (Å²) in [6.07, 6.45) is 5.54. The Morgan fingerprint density at radius 1 is 2.00 bits per heavy atom. The maximum absolute atomic E-state index is 4.94. The fourth-order valence-corrected chi connectivity index (χ4v) is 0.254. The van der Waals surface area contributed by atoms with E-state index in [1.165, 1.54) is 0 Å². The second-order valence-electron chi connectivity index (χ2n) is 1.22. The Hall–Kier alpha value is -0.420. The van der Waals surface area contributed by atoms with E-state index in [1.807, 2.05) is 6.92 Å². The van der Waals surface area contributed by atoms with Crippen LogP contribution in [0, 0.1) is 12.3 Å². The van der Waals surface area contributed by atoms with E-state index in [4.69, 9.17) is 6.42 Å². The van der Waals surface area contributed by atoms with Gasteiger partial charge >= 0.3 is 0 Å². The maximum Gasteiger partial charge on any atom is 0.0475 e. The molecule has 0 aromatic rings. The number of rotatable bonds is 1. The highest BCUT2D eigenvalue weighted by atomic mass is 32.1. The minimum absolute atomic E-state index is 0.601. The molecule has 0 saturated heterocycles. The normalized spacial score (nSPS) is 10.7. The van der Waals surface area contributed by atoms with Crippen LogP contribution in [0.2, 0.25) is 0 Å². The summed E-state index contributed by atoms with van der Waals surface area (Å²) >= 11 is 3.64. The van der Waals surface area contributed by atoms with Crippen molar-refractivity contribution in [3.63, 3.8) is 0 Å². The molecule has 0 radical (unpaired) electrons. The third-order valence-corrected chi connectivity index (χ3v) is 0.870. The van der Waals surface area contributed by atoms with E-state index in [1.54, 1.807) is 0 Å². The second kappa shape index (κ2) is 3.76. The Labute approximate surface area is 49.4 Å². The van der Waals surface area contributed by atoms with Gasteiger partial charge in [-0.1, -0.05) is 0 Å². The van der Waals surface area contributed by atoms with Gasteiger partial charge in [-0.3, -0.25) is 0 Å². The lowest BCUT2D eigenvalue weighted by Crippen LogP contribution is -1.83. The molecule has 7 heavy (non-hydrogen) atoms. The molecular weight excluding hydrogens is 106 g/mol. The summed E-state index contributed by atoms with van der Waals surface area (Å²) in [5.41, 5.74) is 0.880. The quantitative estimate of drug-likeness (QED) is 0.299. The van der Waals surface area contributed by atoms with Crippen molar-refractivity contribution in [2.45, 2.75) is 13.3 Å². The zero-order chi connectivity index (χ0) is 5.70. The van der Waals surface area contributed by atoms with Gasteiger partial charge in [-0.05, 0) is 19.7 Å². The van der Waals surface area contributed by atoms with E-state index in [9.17, 15) is 0 Å². The van der Waals surface area contributed by atoms with Gasteiger partial charge in [0, 0.05) is 12.1 Å². The second-order valence-corrected chi connectivity index (χ2v) is 1.42. The molecule has 0 aliphatic heterocycles. The lowest BCUT2D eigenvalue weighted by Gasteiger charge is -1.82. The van der Waals surface area contributed by atoms with Gasteiger partial charge in [0.15, 0.2) is 0 Å². The molecule has 0 fully saturated rings. The Kier molecular flexibility index (Phi) is 3.53. The highest BCUT2D eigenvalue weighted by molar-refractivity contribution is 7.79. The van der Waals surface area contributed by atoms with Gasteiger partial charge in [0.25, 0.3) is 0 Å². The maximum atomic E-state index is 4.94. The molecule has 0 atom stereocenters. The minimum Gasteiger partial charge on any atom is -0.228 e. The topological polar surface area (TPSA) is 12.4 Å². The van der Waals surface area contributed by atoms with Gasteiger partial charge in [-0.2, -0.15) is 0 Å². The first-order chi connectivity index (χ1) is 3.31. The molecule has 0 amide bonds. The molecule has 0 spiro atoms.